The van der Waals surface area contributed by atoms with E-state index < -0.39 is 6.61 Å². The van der Waals surface area contributed by atoms with E-state index in [2.05, 4.69) is 36.0 Å². The highest BCUT2D eigenvalue weighted by Gasteiger charge is 2.15. The number of benzene rings is 2. The van der Waals surface area contributed by atoms with Crippen molar-refractivity contribution in [1.29, 1.82) is 0 Å². The Bertz CT molecular complexity index is 558. The molecule has 0 amide bonds. The van der Waals surface area contributed by atoms with Crippen LogP contribution in [0.25, 0.3) is 0 Å². The Morgan fingerprint density at radius 2 is 1.67 bits per heavy atom. The number of ether oxygens (including phenoxy) is 1. The van der Waals surface area contributed by atoms with E-state index in [1.54, 1.807) is 12.1 Å². The van der Waals surface area contributed by atoms with Gasteiger partial charge in [0.05, 0.1) is 6.04 Å². The molecule has 0 aliphatic heterocycles. The van der Waals surface area contributed by atoms with Crippen molar-refractivity contribution < 1.29 is 13.5 Å². The van der Waals surface area contributed by atoms with E-state index in [0.717, 1.165) is 11.3 Å². The molecule has 1 unspecified atom stereocenters. The monoisotopic (exact) mass is 291 g/mol. The third-order valence-corrected chi connectivity index (χ3v) is 3.21. The smallest absolute Gasteiger partial charge is 0.387 e. The van der Waals surface area contributed by atoms with Crippen LogP contribution < -0.4 is 10.1 Å². The summed E-state index contributed by atoms with van der Waals surface area (Å²) >= 11 is 0. The predicted molar refractivity (Wildman–Crippen MR) is 80.7 cm³/mol. The van der Waals surface area contributed by atoms with Crippen LogP contribution in [-0.2, 0) is 0 Å². The first kappa shape index (κ1) is 15.3. The quantitative estimate of drug-likeness (QED) is 0.799. The molecule has 0 aromatic heterocycles. The average molecular weight is 291 g/mol. The molecule has 4 heteroatoms. The zero-order valence-corrected chi connectivity index (χ0v) is 12.1. The zero-order valence-electron chi connectivity index (χ0n) is 12.1. The summed E-state index contributed by atoms with van der Waals surface area (Å²) in [5, 5.41) is 3.38. The first-order valence-corrected chi connectivity index (χ1v) is 6.92. The van der Waals surface area contributed by atoms with Crippen molar-refractivity contribution in [3.05, 3.63) is 60.2 Å². The van der Waals surface area contributed by atoms with Gasteiger partial charge in [0.25, 0.3) is 0 Å². The maximum atomic E-state index is 12.3. The number of anilines is 1. The van der Waals surface area contributed by atoms with E-state index in [-0.39, 0.29) is 11.8 Å². The van der Waals surface area contributed by atoms with Gasteiger partial charge in [0.2, 0.25) is 0 Å². The zero-order chi connectivity index (χ0) is 15.2. The average Bonchev–Trinajstić information content (AvgIpc) is 2.45. The summed E-state index contributed by atoms with van der Waals surface area (Å²) < 4.78 is 29.0. The first-order chi connectivity index (χ1) is 10.1. The van der Waals surface area contributed by atoms with Crippen LogP contribution in [0.15, 0.2) is 54.6 Å². The van der Waals surface area contributed by atoms with E-state index in [1.165, 1.54) is 6.07 Å². The molecule has 0 radical (unpaired) electrons. The number of alkyl halides is 2. The minimum atomic E-state index is -2.81. The van der Waals surface area contributed by atoms with E-state index in [1.807, 2.05) is 24.3 Å². The van der Waals surface area contributed by atoms with Crippen LogP contribution in [0.2, 0.25) is 0 Å². The molecule has 1 N–H and O–H groups in total. The van der Waals surface area contributed by atoms with Crippen molar-refractivity contribution in [2.45, 2.75) is 26.5 Å². The molecule has 1 atom stereocenters. The minimum absolute atomic E-state index is 0.105. The Balaban J connectivity index is 2.18. The van der Waals surface area contributed by atoms with Crippen LogP contribution in [0, 0.1) is 5.92 Å². The fourth-order valence-corrected chi connectivity index (χ4v) is 2.24. The van der Waals surface area contributed by atoms with E-state index >= 15 is 0 Å². The second kappa shape index (κ2) is 7.07. The van der Waals surface area contributed by atoms with Crippen molar-refractivity contribution >= 4 is 5.69 Å². The number of halogens is 2. The second-order valence-electron chi connectivity index (χ2n) is 5.18. The normalized spacial score (nSPS) is 12.5. The highest BCUT2D eigenvalue weighted by Crippen LogP contribution is 2.28. The summed E-state index contributed by atoms with van der Waals surface area (Å²) in [5.41, 5.74) is 1.92. The highest BCUT2D eigenvalue weighted by molar-refractivity contribution is 5.50. The van der Waals surface area contributed by atoms with Crippen LogP contribution in [0.4, 0.5) is 14.5 Å². The van der Waals surface area contributed by atoms with Gasteiger partial charge in [-0.2, -0.15) is 8.78 Å². The van der Waals surface area contributed by atoms with Gasteiger partial charge in [0.15, 0.2) is 0 Å². The molecule has 0 heterocycles. The van der Waals surface area contributed by atoms with Crippen LogP contribution in [0.1, 0.15) is 25.5 Å². The lowest BCUT2D eigenvalue weighted by atomic mass is 9.96. The molecule has 0 bridgehead atoms. The molecule has 0 saturated heterocycles. The van der Waals surface area contributed by atoms with Gasteiger partial charge in [-0.05, 0) is 23.6 Å². The number of rotatable bonds is 6. The minimum Gasteiger partial charge on any atom is -0.435 e. The molecule has 0 spiro atoms. The first-order valence-electron chi connectivity index (χ1n) is 6.92. The SMILES string of the molecule is CC(C)C(Nc1cccc(OC(F)F)c1)c1ccccc1. The summed E-state index contributed by atoms with van der Waals surface area (Å²) in [4.78, 5) is 0. The Morgan fingerprint density at radius 1 is 0.952 bits per heavy atom. The molecule has 0 aliphatic carbocycles. The van der Waals surface area contributed by atoms with Crippen LogP contribution in [-0.4, -0.2) is 6.61 Å². The molecule has 0 aliphatic rings. The Kier molecular flexibility index (Phi) is 5.14. The molecule has 2 aromatic carbocycles. The molecule has 21 heavy (non-hydrogen) atoms. The summed E-state index contributed by atoms with van der Waals surface area (Å²) in [6.45, 7) is 1.42. The van der Waals surface area contributed by atoms with Gasteiger partial charge in [-0.15, -0.1) is 0 Å². The maximum absolute atomic E-state index is 12.3. The molecule has 112 valence electrons. The van der Waals surface area contributed by atoms with Crippen molar-refractivity contribution in [2.24, 2.45) is 5.92 Å². The summed E-state index contributed by atoms with van der Waals surface area (Å²) in [7, 11) is 0. The summed E-state index contributed by atoms with van der Waals surface area (Å²) in [6, 6.07) is 16.8. The topological polar surface area (TPSA) is 21.3 Å². The fourth-order valence-electron chi connectivity index (χ4n) is 2.24. The molecule has 2 nitrogen and oxygen atoms in total. The van der Waals surface area contributed by atoms with Gasteiger partial charge in [-0.1, -0.05) is 50.2 Å². The van der Waals surface area contributed by atoms with E-state index in [9.17, 15) is 8.78 Å². The molecule has 2 rings (SSSR count). The van der Waals surface area contributed by atoms with Gasteiger partial charge < -0.3 is 10.1 Å². The van der Waals surface area contributed by atoms with Crippen LogP contribution in [0.5, 0.6) is 5.75 Å². The van der Waals surface area contributed by atoms with Crippen molar-refractivity contribution in [3.8, 4) is 5.75 Å². The molecule has 2 aromatic rings. The third kappa shape index (κ3) is 4.45. The van der Waals surface area contributed by atoms with Gasteiger partial charge in [0, 0.05) is 11.8 Å². The number of hydrogen-bond donors (Lipinski definition) is 1. The lowest BCUT2D eigenvalue weighted by Crippen LogP contribution is -2.16. The molecule has 0 saturated carbocycles. The predicted octanol–water partition coefficient (Wildman–Crippen LogP) is 5.10. The number of nitrogens with one attached hydrogen (secondary N) is 1. The highest BCUT2D eigenvalue weighted by atomic mass is 19.3. The summed E-state index contributed by atoms with van der Waals surface area (Å²) in [6.07, 6.45) is 0. The molecular formula is C17H19F2NO. The van der Waals surface area contributed by atoms with Crippen LogP contribution in [0.3, 0.4) is 0 Å². The lowest BCUT2D eigenvalue weighted by Gasteiger charge is -2.24. The standard InChI is InChI=1S/C17H19F2NO/c1-12(2)16(13-7-4-3-5-8-13)20-14-9-6-10-15(11-14)21-17(18)19/h3-12,16-17,20H,1-2H3. The summed E-state index contributed by atoms with van der Waals surface area (Å²) in [5.74, 6) is 0.512. The molecular weight excluding hydrogens is 272 g/mol. The van der Waals surface area contributed by atoms with E-state index in [0.29, 0.717) is 5.92 Å². The van der Waals surface area contributed by atoms with Crippen LogP contribution >= 0.6 is 0 Å². The maximum Gasteiger partial charge on any atom is 0.387 e. The van der Waals surface area contributed by atoms with E-state index in [4.69, 9.17) is 0 Å². The van der Waals surface area contributed by atoms with Crippen molar-refractivity contribution in [3.63, 3.8) is 0 Å². The van der Waals surface area contributed by atoms with Gasteiger partial charge in [-0.25, -0.2) is 0 Å². The Labute approximate surface area is 123 Å². The van der Waals surface area contributed by atoms with Crippen molar-refractivity contribution in [2.75, 3.05) is 5.32 Å². The fraction of sp³-hybridized carbons (Fsp3) is 0.294. The Morgan fingerprint density at radius 3 is 2.29 bits per heavy atom. The van der Waals surface area contributed by atoms with Gasteiger partial charge in [0.1, 0.15) is 5.75 Å². The Hall–Kier alpha value is -2.10. The number of hydrogen-bond acceptors (Lipinski definition) is 2. The molecule has 0 fully saturated rings. The third-order valence-electron chi connectivity index (χ3n) is 3.21. The van der Waals surface area contributed by atoms with Gasteiger partial charge in [-0.3, -0.25) is 0 Å². The largest absolute Gasteiger partial charge is 0.435 e. The second-order valence-corrected chi connectivity index (χ2v) is 5.18. The van der Waals surface area contributed by atoms with Crippen molar-refractivity contribution in [1.82, 2.24) is 0 Å². The lowest BCUT2D eigenvalue weighted by molar-refractivity contribution is -0.0498. The van der Waals surface area contributed by atoms with Gasteiger partial charge >= 0.3 is 6.61 Å².